The third-order valence-corrected chi connectivity index (χ3v) is 5.21. The highest BCUT2D eigenvalue weighted by Crippen LogP contribution is 2.35. The predicted octanol–water partition coefficient (Wildman–Crippen LogP) is 4.61. The second-order valence-electron chi connectivity index (χ2n) is 7.18. The van der Waals surface area contributed by atoms with Crippen molar-refractivity contribution < 1.29 is 4.74 Å². The molecule has 0 aromatic carbocycles. The van der Waals surface area contributed by atoms with Crippen LogP contribution in [0.25, 0.3) is 0 Å². The Morgan fingerprint density at radius 3 is 2.57 bits per heavy atom. The summed E-state index contributed by atoms with van der Waals surface area (Å²) in [4.78, 5) is 8.47. The lowest BCUT2D eigenvalue weighted by Gasteiger charge is -2.38. The van der Waals surface area contributed by atoms with Crippen molar-refractivity contribution in [3.63, 3.8) is 0 Å². The number of rotatable bonds is 7. The average Bonchev–Trinajstić information content (AvgIpc) is 2.53. The Bertz CT molecular complexity index is 483. The average molecular weight is 340 g/mol. The number of nitrogens with zero attached hydrogens (tertiary/aromatic N) is 2. The normalized spacial score (nSPS) is 24.6. The van der Waals surface area contributed by atoms with Gasteiger partial charge >= 0.3 is 0 Å². The summed E-state index contributed by atoms with van der Waals surface area (Å²) >= 11 is 6.19. The van der Waals surface area contributed by atoms with Crippen LogP contribution in [0.5, 0.6) is 0 Å². The summed E-state index contributed by atoms with van der Waals surface area (Å²) in [7, 11) is 1.69. The number of aromatic nitrogens is 2. The molecule has 0 saturated heterocycles. The maximum absolute atomic E-state index is 6.19. The molecule has 0 bridgehead atoms. The number of ether oxygens (including phenoxy) is 1. The van der Waals surface area contributed by atoms with Crippen LogP contribution in [0.1, 0.15) is 64.8 Å². The molecule has 1 N–H and O–H groups in total. The van der Waals surface area contributed by atoms with E-state index in [9.17, 15) is 0 Å². The third kappa shape index (κ3) is 5.13. The van der Waals surface area contributed by atoms with E-state index < -0.39 is 0 Å². The molecule has 2 rings (SSSR count). The van der Waals surface area contributed by atoms with E-state index >= 15 is 0 Å². The van der Waals surface area contributed by atoms with E-state index in [4.69, 9.17) is 16.3 Å². The monoisotopic (exact) mass is 339 g/mol. The van der Waals surface area contributed by atoms with Crippen molar-refractivity contribution in [3.05, 3.63) is 23.2 Å². The molecule has 0 amide bonds. The van der Waals surface area contributed by atoms with Crippen molar-refractivity contribution >= 4 is 11.6 Å². The van der Waals surface area contributed by atoms with Crippen molar-refractivity contribution in [1.82, 2.24) is 15.3 Å². The Morgan fingerprint density at radius 2 is 1.91 bits per heavy atom. The standard InChI is InChI=1S/C18H30ClN3O/c1-12(2)11-13(3)14-7-5-6-8-15(14)22-18(23-4)16-17(19)21-10-9-20-16/h9-10,12-15,18,22H,5-8,11H2,1-4H3. The van der Waals surface area contributed by atoms with Crippen molar-refractivity contribution in [1.29, 1.82) is 0 Å². The van der Waals surface area contributed by atoms with Gasteiger partial charge in [0.1, 0.15) is 5.69 Å². The van der Waals surface area contributed by atoms with Crippen molar-refractivity contribution in [2.45, 2.75) is 65.1 Å². The van der Waals surface area contributed by atoms with E-state index in [2.05, 4.69) is 36.1 Å². The second kappa shape index (κ2) is 8.95. The minimum atomic E-state index is -0.298. The molecule has 1 aliphatic carbocycles. The lowest BCUT2D eigenvalue weighted by atomic mass is 9.74. The number of nitrogens with one attached hydrogen (secondary N) is 1. The van der Waals surface area contributed by atoms with Gasteiger partial charge < -0.3 is 4.74 Å². The van der Waals surface area contributed by atoms with Crippen LogP contribution < -0.4 is 5.32 Å². The van der Waals surface area contributed by atoms with Gasteiger partial charge in [-0.05, 0) is 37.0 Å². The second-order valence-corrected chi connectivity index (χ2v) is 7.53. The summed E-state index contributed by atoms with van der Waals surface area (Å²) in [5.74, 6) is 2.13. The van der Waals surface area contributed by atoms with Crippen molar-refractivity contribution in [3.8, 4) is 0 Å². The van der Waals surface area contributed by atoms with Gasteiger partial charge in [0.2, 0.25) is 0 Å². The largest absolute Gasteiger partial charge is 0.361 e. The van der Waals surface area contributed by atoms with Gasteiger partial charge in [0, 0.05) is 25.5 Å². The lowest BCUT2D eigenvalue weighted by Crippen LogP contribution is -2.44. The highest BCUT2D eigenvalue weighted by molar-refractivity contribution is 6.30. The van der Waals surface area contributed by atoms with E-state index in [0.29, 0.717) is 28.7 Å². The zero-order valence-electron chi connectivity index (χ0n) is 14.8. The quantitative estimate of drug-likeness (QED) is 0.737. The fourth-order valence-electron chi connectivity index (χ4n) is 3.93. The van der Waals surface area contributed by atoms with Gasteiger partial charge in [0.15, 0.2) is 11.4 Å². The van der Waals surface area contributed by atoms with Gasteiger partial charge in [-0.2, -0.15) is 0 Å². The molecule has 1 aromatic rings. The molecular formula is C18H30ClN3O. The van der Waals surface area contributed by atoms with Crippen molar-refractivity contribution in [2.24, 2.45) is 17.8 Å². The summed E-state index contributed by atoms with van der Waals surface area (Å²) < 4.78 is 5.63. The zero-order chi connectivity index (χ0) is 16.8. The van der Waals surface area contributed by atoms with E-state index in [-0.39, 0.29) is 6.23 Å². The minimum Gasteiger partial charge on any atom is -0.361 e. The van der Waals surface area contributed by atoms with Crippen LogP contribution in [0.15, 0.2) is 12.4 Å². The van der Waals surface area contributed by atoms with Gasteiger partial charge in [0.05, 0.1) is 0 Å². The van der Waals surface area contributed by atoms with Gasteiger partial charge in [-0.15, -0.1) is 0 Å². The SMILES string of the molecule is COC(NC1CCCCC1C(C)CC(C)C)c1nccnc1Cl. The minimum absolute atomic E-state index is 0.298. The third-order valence-electron chi connectivity index (χ3n) is 4.92. The highest BCUT2D eigenvalue weighted by Gasteiger charge is 2.32. The molecule has 4 atom stereocenters. The first-order valence-corrected chi connectivity index (χ1v) is 9.16. The molecule has 130 valence electrons. The van der Waals surface area contributed by atoms with Crippen molar-refractivity contribution in [2.75, 3.05) is 7.11 Å². The Hall–Kier alpha value is -0.710. The molecule has 1 saturated carbocycles. The van der Waals surface area contributed by atoms with Crippen LogP contribution in [0.3, 0.4) is 0 Å². The maximum atomic E-state index is 6.19. The zero-order valence-corrected chi connectivity index (χ0v) is 15.5. The highest BCUT2D eigenvalue weighted by atomic mass is 35.5. The summed E-state index contributed by atoms with van der Waals surface area (Å²) in [6.07, 6.45) is 9.31. The topological polar surface area (TPSA) is 47.0 Å². The Labute approximate surface area is 145 Å². The fourth-order valence-corrected chi connectivity index (χ4v) is 4.13. The number of methoxy groups -OCH3 is 1. The van der Waals surface area contributed by atoms with Crippen LogP contribution in [-0.2, 0) is 4.74 Å². The molecule has 5 heteroatoms. The summed E-state index contributed by atoms with van der Waals surface area (Å²) in [6, 6.07) is 0.445. The first kappa shape index (κ1) is 18.6. The molecular weight excluding hydrogens is 310 g/mol. The first-order valence-electron chi connectivity index (χ1n) is 8.78. The van der Waals surface area contributed by atoms with E-state index in [1.165, 1.54) is 32.1 Å². The van der Waals surface area contributed by atoms with Crippen LogP contribution in [0, 0.1) is 17.8 Å². The smallest absolute Gasteiger partial charge is 0.154 e. The summed E-state index contributed by atoms with van der Waals surface area (Å²) in [5.41, 5.74) is 0.678. The molecule has 1 aliphatic rings. The van der Waals surface area contributed by atoms with E-state index in [1.807, 2.05) is 0 Å². The molecule has 4 nitrogen and oxygen atoms in total. The molecule has 0 spiro atoms. The molecule has 0 radical (unpaired) electrons. The Balaban J connectivity index is 2.09. The molecule has 1 aromatic heterocycles. The summed E-state index contributed by atoms with van der Waals surface area (Å²) in [6.45, 7) is 7.00. The molecule has 0 aliphatic heterocycles. The Kier molecular flexibility index (Phi) is 7.25. The van der Waals surface area contributed by atoms with Crippen LogP contribution in [-0.4, -0.2) is 23.1 Å². The van der Waals surface area contributed by atoms with Crippen LogP contribution in [0.2, 0.25) is 5.15 Å². The van der Waals surface area contributed by atoms with Crippen LogP contribution in [0.4, 0.5) is 0 Å². The number of halogens is 1. The predicted molar refractivity (Wildman–Crippen MR) is 94.3 cm³/mol. The van der Waals surface area contributed by atoms with Gasteiger partial charge in [-0.1, -0.05) is 45.2 Å². The van der Waals surface area contributed by atoms with Gasteiger partial charge in [0.25, 0.3) is 0 Å². The van der Waals surface area contributed by atoms with Gasteiger partial charge in [-0.3, -0.25) is 10.3 Å². The van der Waals surface area contributed by atoms with Gasteiger partial charge in [-0.25, -0.2) is 4.98 Å². The Morgan fingerprint density at radius 1 is 1.22 bits per heavy atom. The molecule has 4 unspecified atom stereocenters. The molecule has 1 fully saturated rings. The molecule has 23 heavy (non-hydrogen) atoms. The fraction of sp³-hybridized carbons (Fsp3) is 0.778. The maximum Gasteiger partial charge on any atom is 0.154 e. The number of hydrogen-bond acceptors (Lipinski definition) is 4. The summed E-state index contributed by atoms with van der Waals surface area (Å²) in [5, 5.41) is 4.07. The lowest BCUT2D eigenvalue weighted by molar-refractivity contribution is 0.0351. The number of hydrogen-bond donors (Lipinski definition) is 1. The van der Waals surface area contributed by atoms with E-state index in [1.54, 1.807) is 19.5 Å². The van der Waals surface area contributed by atoms with Crippen LogP contribution >= 0.6 is 11.6 Å². The first-order chi connectivity index (χ1) is 11.0. The van der Waals surface area contributed by atoms with E-state index in [0.717, 1.165) is 5.92 Å². The molecule has 1 heterocycles.